The van der Waals surface area contributed by atoms with Gasteiger partial charge >= 0.3 is 5.97 Å². The number of rotatable bonds is 8. The standard InChI is InChI=1S/C23H28O4/c1-7-22(24)27-13-12-26-21-11-9-19(15-17(21)3)23(4,5)18-8-10-20(25-6)16(2)14-18/h7-11,14-15H,1,12-13H2,2-6H3. The number of hydrogen-bond acceptors (Lipinski definition) is 4. The third-order valence-corrected chi connectivity index (χ3v) is 4.77. The summed E-state index contributed by atoms with van der Waals surface area (Å²) in [6.45, 7) is 12.4. The van der Waals surface area contributed by atoms with Crippen LogP contribution < -0.4 is 9.47 Å². The predicted molar refractivity (Wildman–Crippen MR) is 108 cm³/mol. The number of benzene rings is 2. The second-order valence-corrected chi connectivity index (χ2v) is 7.01. The number of hydrogen-bond donors (Lipinski definition) is 0. The molecule has 0 aromatic heterocycles. The summed E-state index contributed by atoms with van der Waals surface area (Å²) in [5.74, 6) is 1.24. The fourth-order valence-electron chi connectivity index (χ4n) is 2.99. The molecular weight excluding hydrogens is 340 g/mol. The highest BCUT2D eigenvalue weighted by Gasteiger charge is 2.24. The largest absolute Gasteiger partial charge is 0.496 e. The van der Waals surface area contributed by atoms with E-state index < -0.39 is 5.97 Å². The van der Waals surface area contributed by atoms with E-state index in [2.05, 4.69) is 51.6 Å². The minimum absolute atomic E-state index is 0.153. The Labute approximate surface area is 161 Å². The maximum absolute atomic E-state index is 11.0. The molecule has 0 radical (unpaired) electrons. The first-order chi connectivity index (χ1) is 12.8. The molecule has 144 valence electrons. The van der Waals surface area contributed by atoms with Crippen LogP contribution in [0.4, 0.5) is 0 Å². The molecule has 0 aliphatic rings. The molecule has 0 bridgehead atoms. The zero-order valence-corrected chi connectivity index (χ0v) is 16.8. The Hall–Kier alpha value is -2.75. The number of aryl methyl sites for hydroxylation is 2. The molecule has 2 rings (SSSR count). The van der Waals surface area contributed by atoms with Gasteiger partial charge in [0.1, 0.15) is 24.7 Å². The van der Waals surface area contributed by atoms with Crippen molar-refractivity contribution in [2.45, 2.75) is 33.1 Å². The van der Waals surface area contributed by atoms with Gasteiger partial charge in [0.05, 0.1) is 7.11 Å². The molecule has 0 spiro atoms. The molecule has 2 aromatic rings. The van der Waals surface area contributed by atoms with Crippen molar-refractivity contribution in [1.29, 1.82) is 0 Å². The molecule has 0 saturated carbocycles. The van der Waals surface area contributed by atoms with Gasteiger partial charge in [-0.25, -0.2) is 4.79 Å². The Bertz CT molecular complexity index is 821. The number of carbonyl (C=O) groups excluding carboxylic acids is 1. The first kappa shape index (κ1) is 20.6. The summed E-state index contributed by atoms with van der Waals surface area (Å²) in [5.41, 5.74) is 4.44. The van der Waals surface area contributed by atoms with Crippen molar-refractivity contribution in [3.63, 3.8) is 0 Å². The molecule has 0 aliphatic carbocycles. The molecule has 4 heteroatoms. The lowest BCUT2D eigenvalue weighted by Crippen LogP contribution is -2.19. The number of esters is 1. The number of ether oxygens (including phenoxy) is 3. The zero-order chi connectivity index (χ0) is 20.0. The van der Waals surface area contributed by atoms with Gasteiger partial charge in [0.15, 0.2) is 0 Å². The smallest absolute Gasteiger partial charge is 0.330 e. The molecular formula is C23H28O4. The third kappa shape index (κ3) is 4.91. The van der Waals surface area contributed by atoms with E-state index in [1.807, 2.05) is 19.1 Å². The lowest BCUT2D eigenvalue weighted by Gasteiger charge is -2.27. The van der Waals surface area contributed by atoms with Crippen molar-refractivity contribution >= 4 is 5.97 Å². The van der Waals surface area contributed by atoms with Gasteiger partial charge in [0.25, 0.3) is 0 Å². The fraction of sp³-hybridized carbons (Fsp3) is 0.348. The van der Waals surface area contributed by atoms with E-state index in [4.69, 9.17) is 14.2 Å². The third-order valence-electron chi connectivity index (χ3n) is 4.77. The van der Waals surface area contributed by atoms with Crippen LogP contribution in [0.3, 0.4) is 0 Å². The van der Waals surface area contributed by atoms with Crippen molar-refractivity contribution in [1.82, 2.24) is 0 Å². The molecule has 0 amide bonds. The van der Waals surface area contributed by atoms with E-state index in [1.165, 1.54) is 11.1 Å². The monoisotopic (exact) mass is 368 g/mol. The van der Waals surface area contributed by atoms with E-state index in [0.29, 0.717) is 6.61 Å². The van der Waals surface area contributed by atoms with Crippen LogP contribution in [0.15, 0.2) is 49.1 Å². The van der Waals surface area contributed by atoms with Crippen LogP contribution in [0.5, 0.6) is 11.5 Å². The summed E-state index contributed by atoms with van der Waals surface area (Å²) in [6, 6.07) is 12.5. The second kappa shape index (κ2) is 8.76. The first-order valence-electron chi connectivity index (χ1n) is 8.98. The van der Waals surface area contributed by atoms with Crippen molar-refractivity contribution in [3.05, 3.63) is 71.3 Å². The maximum atomic E-state index is 11.0. The second-order valence-electron chi connectivity index (χ2n) is 7.01. The van der Waals surface area contributed by atoms with E-state index >= 15 is 0 Å². The van der Waals surface area contributed by atoms with E-state index in [-0.39, 0.29) is 12.0 Å². The minimum atomic E-state index is -0.442. The highest BCUT2D eigenvalue weighted by atomic mass is 16.6. The molecule has 27 heavy (non-hydrogen) atoms. The molecule has 2 aromatic carbocycles. The highest BCUT2D eigenvalue weighted by molar-refractivity contribution is 5.81. The van der Waals surface area contributed by atoms with Crippen LogP contribution in [0.25, 0.3) is 0 Å². The molecule has 0 atom stereocenters. The van der Waals surface area contributed by atoms with Gasteiger partial charge in [0.2, 0.25) is 0 Å². The average molecular weight is 368 g/mol. The summed E-state index contributed by atoms with van der Waals surface area (Å²) >= 11 is 0. The van der Waals surface area contributed by atoms with Crippen LogP contribution in [0.2, 0.25) is 0 Å². The van der Waals surface area contributed by atoms with E-state index in [1.54, 1.807) is 7.11 Å². The molecule has 0 heterocycles. The van der Waals surface area contributed by atoms with Crippen LogP contribution in [-0.2, 0) is 14.9 Å². The summed E-state index contributed by atoms with van der Waals surface area (Å²) in [4.78, 5) is 11.0. The fourth-order valence-corrected chi connectivity index (χ4v) is 2.99. The van der Waals surface area contributed by atoms with Crippen molar-refractivity contribution in [2.75, 3.05) is 20.3 Å². The van der Waals surface area contributed by atoms with Crippen molar-refractivity contribution in [3.8, 4) is 11.5 Å². The average Bonchev–Trinajstić information content (AvgIpc) is 2.65. The number of carbonyl (C=O) groups is 1. The van der Waals surface area contributed by atoms with Crippen LogP contribution in [0, 0.1) is 13.8 Å². The van der Waals surface area contributed by atoms with Crippen molar-refractivity contribution < 1.29 is 19.0 Å². The van der Waals surface area contributed by atoms with Gasteiger partial charge in [-0.2, -0.15) is 0 Å². The molecule has 0 unspecified atom stereocenters. The Balaban J connectivity index is 2.14. The van der Waals surface area contributed by atoms with Gasteiger partial charge in [-0.1, -0.05) is 44.7 Å². The zero-order valence-electron chi connectivity index (χ0n) is 16.8. The van der Waals surface area contributed by atoms with Crippen molar-refractivity contribution in [2.24, 2.45) is 0 Å². The minimum Gasteiger partial charge on any atom is -0.496 e. The summed E-state index contributed by atoms with van der Waals surface area (Å²) in [6.07, 6.45) is 1.14. The summed E-state index contributed by atoms with van der Waals surface area (Å²) in [7, 11) is 1.69. The quantitative estimate of drug-likeness (QED) is 0.383. The Morgan fingerprint density at radius 2 is 1.56 bits per heavy atom. The van der Waals surface area contributed by atoms with Crippen LogP contribution >= 0.6 is 0 Å². The van der Waals surface area contributed by atoms with Gasteiger partial charge in [-0.3, -0.25) is 0 Å². The predicted octanol–water partition coefficient (Wildman–Crippen LogP) is 4.75. The topological polar surface area (TPSA) is 44.8 Å². The molecule has 0 saturated heterocycles. The molecule has 0 N–H and O–H groups in total. The normalized spacial score (nSPS) is 11.0. The lowest BCUT2D eigenvalue weighted by molar-refractivity contribution is -0.138. The van der Waals surface area contributed by atoms with E-state index in [0.717, 1.165) is 28.7 Å². The lowest BCUT2D eigenvalue weighted by atomic mass is 9.77. The molecule has 4 nitrogen and oxygen atoms in total. The molecule has 0 aliphatic heterocycles. The Morgan fingerprint density at radius 3 is 2.04 bits per heavy atom. The summed E-state index contributed by atoms with van der Waals surface area (Å²) < 4.78 is 16.0. The maximum Gasteiger partial charge on any atom is 0.330 e. The Kier molecular flexibility index (Phi) is 6.67. The van der Waals surface area contributed by atoms with Gasteiger partial charge < -0.3 is 14.2 Å². The van der Waals surface area contributed by atoms with Gasteiger partial charge in [-0.15, -0.1) is 0 Å². The number of methoxy groups -OCH3 is 1. The Morgan fingerprint density at radius 1 is 1.00 bits per heavy atom. The first-order valence-corrected chi connectivity index (χ1v) is 8.98. The van der Waals surface area contributed by atoms with Crippen LogP contribution in [-0.4, -0.2) is 26.3 Å². The SMILES string of the molecule is C=CC(=O)OCCOc1ccc(C(C)(C)c2ccc(OC)c(C)c2)cc1C. The van der Waals surface area contributed by atoms with E-state index in [9.17, 15) is 4.79 Å². The van der Waals surface area contributed by atoms with Crippen LogP contribution in [0.1, 0.15) is 36.1 Å². The highest BCUT2D eigenvalue weighted by Crippen LogP contribution is 2.35. The van der Waals surface area contributed by atoms with Gasteiger partial charge in [-0.05, 0) is 48.2 Å². The summed E-state index contributed by atoms with van der Waals surface area (Å²) in [5, 5.41) is 0. The van der Waals surface area contributed by atoms with Gasteiger partial charge in [0, 0.05) is 11.5 Å². The molecule has 0 fully saturated rings.